The van der Waals surface area contributed by atoms with Gasteiger partial charge in [0, 0.05) is 39.8 Å². The van der Waals surface area contributed by atoms with Gasteiger partial charge in [-0.25, -0.2) is 0 Å². The molecule has 0 aromatic heterocycles. The van der Waals surface area contributed by atoms with Gasteiger partial charge in [-0.15, -0.1) is 0 Å². The number of rotatable bonds is 6. The van der Waals surface area contributed by atoms with Crippen molar-refractivity contribution in [1.29, 1.82) is 0 Å². The highest BCUT2D eigenvalue weighted by molar-refractivity contribution is 5.80. The molecule has 1 aromatic rings. The molecule has 2 saturated heterocycles. The molecule has 0 spiro atoms. The third-order valence-electron chi connectivity index (χ3n) is 6.01. The first kappa shape index (κ1) is 20.8. The minimum Gasteiger partial charge on any atom is -0.495 e. The second kappa shape index (κ2) is 10.6. The fraction of sp³-hybridized carbons (Fsp3) is 0.682. The highest BCUT2D eigenvalue weighted by atomic mass is 16.5. The lowest BCUT2D eigenvalue weighted by molar-refractivity contribution is 0.184. The van der Waals surface area contributed by atoms with Crippen LogP contribution < -0.4 is 15.0 Å². The van der Waals surface area contributed by atoms with Gasteiger partial charge in [0.25, 0.3) is 0 Å². The quantitative estimate of drug-likeness (QED) is 0.600. The second-order valence-corrected chi connectivity index (χ2v) is 7.86. The van der Waals surface area contributed by atoms with Crippen LogP contribution in [0.1, 0.15) is 26.2 Å². The SMILES string of the molecule is CCCN1CCC(CNC(=NC)N2CCN(c3ccccc3OC)CC2)CC1. The number of nitrogens with zero attached hydrogens (tertiary/aromatic N) is 4. The molecule has 156 valence electrons. The summed E-state index contributed by atoms with van der Waals surface area (Å²) in [4.78, 5) is 11.9. The van der Waals surface area contributed by atoms with Gasteiger partial charge in [-0.05, 0) is 56.9 Å². The summed E-state index contributed by atoms with van der Waals surface area (Å²) in [6.45, 7) is 11.0. The molecule has 0 radical (unpaired) electrons. The van der Waals surface area contributed by atoms with E-state index in [2.05, 4.69) is 44.1 Å². The zero-order chi connectivity index (χ0) is 19.8. The third-order valence-corrected chi connectivity index (χ3v) is 6.01. The predicted octanol–water partition coefficient (Wildman–Crippen LogP) is 2.51. The summed E-state index contributed by atoms with van der Waals surface area (Å²) < 4.78 is 5.53. The maximum Gasteiger partial charge on any atom is 0.193 e. The van der Waals surface area contributed by atoms with E-state index >= 15 is 0 Å². The van der Waals surface area contributed by atoms with Crippen LogP contribution in [0.25, 0.3) is 0 Å². The molecule has 1 aromatic carbocycles. The molecular weight excluding hydrogens is 350 g/mol. The Morgan fingerprint density at radius 1 is 1.11 bits per heavy atom. The number of ether oxygens (including phenoxy) is 1. The molecule has 6 nitrogen and oxygen atoms in total. The summed E-state index contributed by atoms with van der Waals surface area (Å²) in [5.74, 6) is 2.77. The van der Waals surface area contributed by atoms with E-state index in [4.69, 9.17) is 4.74 Å². The van der Waals surface area contributed by atoms with Gasteiger partial charge in [0.2, 0.25) is 0 Å². The lowest BCUT2D eigenvalue weighted by Crippen LogP contribution is -2.53. The number of hydrogen-bond donors (Lipinski definition) is 1. The number of methoxy groups -OCH3 is 1. The number of piperidine rings is 1. The molecule has 2 fully saturated rings. The van der Waals surface area contributed by atoms with Crippen molar-refractivity contribution in [2.45, 2.75) is 26.2 Å². The summed E-state index contributed by atoms with van der Waals surface area (Å²) in [5, 5.41) is 3.65. The molecule has 0 amide bonds. The smallest absolute Gasteiger partial charge is 0.193 e. The zero-order valence-corrected chi connectivity index (χ0v) is 17.9. The molecule has 1 N–H and O–H groups in total. The van der Waals surface area contributed by atoms with E-state index in [9.17, 15) is 0 Å². The number of benzene rings is 1. The zero-order valence-electron chi connectivity index (χ0n) is 17.9. The summed E-state index contributed by atoms with van der Waals surface area (Å²) in [7, 11) is 3.65. The number of hydrogen-bond acceptors (Lipinski definition) is 4. The van der Waals surface area contributed by atoms with E-state index < -0.39 is 0 Å². The summed E-state index contributed by atoms with van der Waals surface area (Å²) >= 11 is 0. The van der Waals surface area contributed by atoms with Gasteiger partial charge in [-0.2, -0.15) is 0 Å². The van der Waals surface area contributed by atoms with Crippen molar-refractivity contribution < 1.29 is 4.74 Å². The van der Waals surface area contributed by atoms with Crippen molar-refractivity contribution in [3.05, 3.63) is 24.3 Å². The summed E-state index contributed by atoms with van der Waals surface area (Å²) in [6, 6.07) is 8.29. The number of anilines is 1. The standard InChI is InChI=1S/C22H37N5O/c1-4-11-25-12-9-19(10-13-25)18-24-22(23-2)27-16-14-26(15-17-27)20-7-5-6-8-21(20)28-3/h5-8,19H,4,9-18H2,1-3H3,(H,23,24). The van der Waals surface area contributed by atoms with Crippen molar-refractivity contribution in [3.8, 4) is 5.75 Å². The highest BCUT2D eigenvalue weighted by Crippen LogP contribution is 2.28. The van der Waals surface area contributed by atoms with E-state index in [1.807, 2.05) is 19.2 Å². The monoisotopic (exact) mass is 387 g/mol. The van der Waals surface area contributed by atoms with E-state index in [0.29, 0.717) is 0 Å². The molecule has 0 bridgehead atoms. The van der Waals surface area contributed by atoms with Crippen molar-refractivity contribution >= 4 is 11.6 Å². The molecule has 2 heterocycles. The summed E-state index contributed by atoms with van der Waals surface area (Å²) in [6.07, 6.45) is 3.85. The molecule has 0 saturated carbocycles. The van der Waals surface area contributed by atoms with E-state index in [1.54, 1.807) is 7.11 Å². The average molecular weight is 388 g/mol. The lowest BCUT2D eigenvalue weighted by atomic mass is 9.97. The Balaban J connectivity index is 1.45. The average Bonchev–Trinajstić information content (AvgIpc) is 2.76. The fourth-order valence-electron chi connectivity index (χ4n) is 4.35. The summed E-state index contributed by atoms with van der Waals surface area (Å²) in [5.41, 5.74) is 1.19. The first-order chi connectivity index (χ1) is 13.7. The Labute approximate surface area is 170 Å². The van der Waals surface area contributed by atoms with Crippen molar-refractivity contribution in [3.63, 3.8) is 0 Å². The van der Waals surface area contributed by atoms with Gasteiger partial charge >= 0.3 is 0 Å². The molecule has 0 atom stereocenters. The van der Waals surface area contributed by atoms with Gasteiger partial charge in [0.15, 0.2) is 5.96 Å². The van der Waals surface area contributed by atoms with E-state index in [0.717, 1.165) is 50.4 Å². The molecule has 28 heavy (non-hydrogen) atoms. The minimum atomic E-state index is 0.764. The van der Waals surface area contributed by atoms with Gasteiger partial charge in [0.05, 0.1) is 12.8 Å². The Morgan fingerprint density at radius 3 is 2.46 bits per heavy atom. The van der Waals surface area contributed by atoms with Gasteiger partial charge < -0.3 is 24.8 Å². The highest BCUT2D eigenvalue weighted by Gasteiger charge is 2.23. The van der Waals surface area contributed by atoms with Gasteiger partial charge in [-0.3, -0.25) is 4.99 Å². The topological polar surface area (TPSA) is 43.3 Å². The van der Waals surface area contributed by atoms with Crippen LogP contribution in [-0.2, 0) is 0 Å². The van der Waals surface area contributed by atoms with Crippen LogP contribution in [0.3, 0.4) is 0 Å². The molecule has 6 heteroatoms. The number of piperazine rings is 1. The Morgan fingerprint density at radius 2 is 1.82 bits per heavy atom. The lowest BCUT2D eigenvalue weighted by Gasteiger charge is -2.38. The van der Waals surface area contributed by atoms with Gasteiger partial charge in [-0.1, -0.05) is 19.1 Å². The third kappa shape index (κ3) is 5.31. The largest absolute Gasteiger partial charge is 0.495 e. The predicted molar refractivity (Wildman–Crippen MR) is 118 cm³/mol. The number of para-hydroxylation sites is 2. The number of nitrogens with one attached hydrogen (secondary N) is 1. The van der Waals surface area contributed by atoms with Crippen LogP contribution in [-0.4, -0.2) is 82.3 Å². The van der Waals surface area contributed by atoms with Crippen LogP contribution in [0.15, 0.2) is 29.3 Å². The molecule has 3 rings (SSSR count). The van der Waals surface area contributed by atoms with Crippen LogP contribution >= 0.6 is 0 Å². The molecule has 2 aliphatic heterocycles. The molecular formula is C22H37N5O. The van der Waals surface area contributed by atoms with E-state index in [-0.39, 0.29) is 0 Å². The maximum absolute atomic E-state index is 5.53. The van der Waals surface area contributed by atoms with E-state index in [1.165, 1.54) is 44.6 Å². The van der Waals surface area contributed by atoms with Crippen LogP contribution in [0.5, 0.6) is 5.75 Å². The van der Waals surface area contributed by atoms with Crippen molar-refractivity contribution in [2.75, 3.05) is 71.4 Å². The van der Waals surface area contributed by atoms with Crippen LogP contribution in [0.4, 0.5) is 5.69 Å². The fourth-order valence-corrected chi connectivity index (χ4v) is 4.35. The Bertz CT molecular complexity index is 619. The van der Waals surface area contributed by atoms with Crippen LogP contribution in [0, 0.1) is 5.92 Å². The first-order valence-corrected chi connectivity index (χ1v) is 10.8. The van der Waals surface area contributed by atoms with Crippen molar-refractivity contribution in [1.82, 2.24) is 15.1 Å². The minimum absolute atomic E-state index is 0.764. The van der Waals surface area contributed by atoms with Crippen LogP contribution in [0.2, 0.25) is 0 Å². The Hall–Kier alpha value is -1.95. The number of guanidine groups is 1. The second-order valence-electron chi connectivity index (χ2n) is 7.86. The normalized spacial score (nSPS) is 19.8. The molecule has 0 unspecified atom stereocenters. The van der Waals surface area contributed by atoms with Gasteiger partial charge in [0.1, 0.15) is 5.75 Å². The maximum atomic E-state index is 5.53. The number of likely N-dealkylation sites (tertiary alicyclic amines) is 1. The first-order valence-electron chi connectivity index (χ1n) is 10.8. The molecule has 2 aliphatic rings. The van der Waals surface area contributed by atoms with Crippen molar-refractivity contribution in [2.24, 2.45) is 10.9 Å². The number of aliphatic imine (C=N–C) groups is 1. The molecule has 0 aliphatic carbocycles. The Kier molecular flexibility index (Phi) is 7.83.